The molecule has 94 valence electrons. The van der Waals surface area contributed by atoms with E-state index in [-0.39, 0.29) is 12.5 Å². The summed E-state index contributed by atoms with van der Waals surface area (Å²) < 4.78 is 6.31. The first-order valence-electron chi connectivity index (χ1n) is 5.32. The Hall–Kier alpha value is -2.28. The molecule has 18 heavy (non-hydrogen) atoms. The number of rotatable bonds is 4. The van der Waals surface area contributed by atoms with Gasteiger partial charge in [-0.1, -0.05) is 0 Å². The normalized spacial score (nSPS) is 10.3. The molecule has 2 rings (SSSR count). The molecule has 0 aliphatic carbocycles. The summed E-state index contributed by atoms with van der Waals surface area (Å²) in [5.74, 6) is 0.482. The quantitative estimate of drug-likeness (QED) is 0.848. The Morgan fingerprint density at radius 1 is 1.39 bits per heavy atom. The third kappa shape index (κ3) is 2.69. The van der Waals surface area contributed by atoms with E-state index in [9.17, 15) is 4.79 Å². The van der Waals surface area contributed by atoms with Crippen LogP contribution < -0.4 is 5.32 Å². The zero-order valence-corrected chi connectivity index (χ0v) is 10.1. The van der Waals surface area contributed by atoms with Gasteiger partial charge in [-0.25, -0.2) is 4.68 Å². The first-order valence-corrected chi connectivity index (χ1v) is 5.32. The molecule has 0 radical (unpaired) electrons. The SMILES string of the molecule is COCC(=O)Nc1ccc(-c2nnnn2C)cc1. The molecule has 0 unspecified atom stereocenters. The van der Waals surface area contributed by atoms with Crippen molar-refractivity contribution in [1.82, 2.24) is 20.2 Å². The summed E-state index contributed by atoms with van der Waals surface area (Å²) in [7, 11) is 3.24. The van der Waals surface area contributed by atoms with Gasteiger partial charge in [-0.15, -0.1) is 5.10 Å². The number of tetrazole rings is 1. The molecule has 0 bridgehead atoms. The average molecular weight is 247 g/mol. The van der Waals surface area contributed by atoms with Gasteiger partial charge in [0.15, 0.2) is 5.82 Å². The minimum atomic E-state index is -0.189. The van der Waals surface area contributed by atoms with Gasteiger partial charge in [0, 0.05) is 25.4 Å². The standard InChI is InChI=1S/C11H13N5O2/c1-16-11(13-14-15-16)8-3-5-9(6-4-8)12-10(17)7-18-2/h3-6H,7H2,1-2H3,(H,12,17). The number of benzene rings is 1. The van der Waals surface area contributed by atoms with Gasteiger partial charge in [0.05, 0.1) is 0 Å². The Balaban J connectivity index is 2.11. The lowest BCUT2D eigenvalue weighted by Crippen LogP contribution is -2.16. The van der Waals surface area contributed by atoms with Gasteiger partial charge in [0.25, 0.3) is 0 Å². The van der Waals surface area contributed by atoms with Crippen molar-refractivity contribution in [2.75, 3.05) is 19.0 Å². The molecule has 1 N–H and O–H groups in total. The summed E-state index contributed by atoms with van der Waals surface area (Å²) in [4.78, 5) is 11.3. The van der Waals surface area contributed by atoms with Crippen LogP contribution in [0.4, 0.5) is 5.69 Å². The molecule has 1 amide bonds. The number of amides is 1. The lowest BCUT2D eigenvalue weighted by atomic mass is 10.2. The highest BCUT2D eigenvalue weighted by Crippen LogP contribution is 2.17. The maximum Gasteiger partial charge on any atom is 0.250 e. The summed E-state index contributed by atoms with van der Waals surface area (Å²) in [6.45, 7) is 0.0367. The molecule has 1 heterocycles. The number of carbonyl (C=O) groups is 1. The van der Waals surface area contributed by atoms with Crippen LogP contribution in [0.5, 0.6) is 0 Å². The number of nitrogens with zero attached hydrogens (tertiary/aromatic N) is 4. The zero-order chi connectivity index (χ0) is 13.0. The monoisotopic (exact) mass is 247 g/mol. The van der Waals surface area contributed by atoms with Crippen LogP contribution in [0.2, 0.25) is 0 Å². The molecular weight excluding hydrogens is 234 g/mol. The van der Waals surface area contributed by atoms with Crippen molar-refractivity contribution in [3.05, 3.63) is 24.3 Å². The van der Waals surface area contributed by atoms with E-state index in [4.69, 9.17) is 4.74 Å². The van der Waals surface area contributed by atoms with Crippen LogP contribution in [-0.4, -0.2) is 39.8 Å². The number of hydrogen-bond donors (Lipinski definition) is 1. The highest BCUT2D eigenvalue weighted by molar-refractivity contribution is 5.91. The van der Waals surface area contributed by atoms with Crippen LogP contribution in [0.1, 0.15) is 0 Å². The molecule has 2 aromatic rings. The Kier molecular flexibility index (Phi) is 3.63. The molecule has 0 spiro atoms. The molecule has 1 aromatic carbocycles. The summed E-state index contributed by atoms with van der Waals surface area (Å²) >= 11 is 0. The minimum Gasteiger partial charge on any atom is -0.375 e. The largest absolute Gasteiger partial charge is 0.375 e. The number of ether oxygens (including phenoxy) is 1. The van der Waals surface area contributed by atoms with E-state index in [0.29, 0.717) is 11.5 Å². The van der Waals surface area contributed by atoms with Gasteiger partial charge in [0.2, 0.25) is 5.91 Å². The highest BCUT2D eigenvalue weighted by atomic mass is 16.5. The molecule has 1 aromatic heterocycles. The van der Waals surface area contributed by atoms with Crippen molar-refractivity contribution in [2.24, 2.45) is 7.05 Å². The second-order valence-electron chi connectivity index (χ2n) is 3.68. The molecule has 0 saturated carbocycles. The van der Waals surface area contributed by atoms with Crippen LogP contribution in [0.15, 0.2) is 24.3 Å². The third-order valence-electron chi connectivity index (χ3n) is 2.32. The van der Waals surface area contributed by atoms with Crippen molar-refractivity contribution in [2.45, 2.75) is 0 Å². The summed E-state index contributed by atoms with van der Waals surface area (Å²) in [6.07, 6.45) is 0. The van der Waals surface area contributed by atoms with Gasteiger partial charge >= 0.3 is 0 Å². The first kappa shape index (κ1) is 12.2. The van der Waals surface area contributed by atoms with Crippen molar-refractivity contribution in [3.63, 3.8) is 0 Å². The van der Waals surface area contributed by atoms with Crippen molar-refractivity contribution >= 4 is 11.6 Å². The molecule has 0 atom stereocenters. The van der Waals surface area contributed by atoms with Gasteiger partial charge in [-0.05, 0) is 34.7 Å². The number of methoxy groups -OCH3 is 1. The van der Waals surface area contributed by atoms with Crippen LogP contribution in [-0.2, 0) is 16.6 Å². The number of carbonyl (C=O) groups excluding carboxylic acids is 1. The lowest BCUT2D eigenvalue weighted by molar-refractivity contribution is -0.119. The lowest BCUT2D eigenvalue weighted by Gasteiger charge is -2.05. The smallest absolute Gasteiger partial charge is 0.250 e. The molecule has 7 nitrogen and oxygen atoms in total. The highest BCUT2D eigenvalue weighted by Gasteiger charge is 2.06. The average Bonchev–Trinajstić information content (AvgIpc) is 2.77. The van der Waals surface area contributed by atoms with E-state index in [2.05, 4.69) is 20.8 Å². The maximum absolute atomic E-state index is 11.3. The van der Waals surface area contributed by atoms with Crippen molar-refractivity contribution < 1.29 is 9.53 Å². The maximum atomic E-state index is 11.3. The molecular formula is C11H13N5O2. The van der Waals surface area contributed by atoms with E-state index in [0.717, 1.165) is 5.56 Å². The van der Waals surface area contributed by atoms with Crippen LogP contribution >= 0.6 is 0 Å². The number of anilines is 1. The summed E-state index contributed by atoms with van der Waals surface area (Å²) in [5, 5.41) is 13.9. The minimum absolute atomic E-state index is 0.0367. The topological polar surface area (TPSA) is 81.9 Å². The number of nitrogens with one attached hydrogen (secondary N) is 1. The molecule has 7 heteroatoms. The van der Waals surface area contributed by atoms with Crippen LogP contribution in [0.3, 0.4) is 0 Å². The summed E-state index contributed by atoms with van der Waals surface area (Å²) in [6, 6.07) is 7.26. The number of hydrogen-bond acceptors (Lipinski definition) is 5. The molecule has 0 aliphatic rings. The van der Waals surface area contributed by atoms with Crippen LogP contribution in [0, 0.1) is 0 Å². The van der Waals surface area contributed by atoms with Gasteiger partial charge < -0.3 is 10.1 Å². The van der Waals surface area contributed by atoms with E-state index in [1.807, 2.05) is 12.1 Å². The second kappa shape index (κ2) is 5.37. The summed E-state index contributed by atoms with van der Waals surface area (Å²) in [5.41, 5.74) is 1.59. The molecule has 0 fully saturated rings. The van der Waals surface area contributed by atoms with Crippen molar-refractivity contribution in [1.29, 1.82) is 0 Å². The Morgan fingerprint density at radius 2 is 2.11 bits per heavy atom. The van der Waals surface area contributed by atoms with E-state index in [1.165, 1.54) is 7.11 Å². The Morgan fingerprint density at radius 3 is 2.67 bits per heavy atom. The predicted octanol–water partition coefficient (Wildman–Crippen LogP) is 0.462. The van der Waals surface area contributed by atoms with E-state index >= 15 is 0 Å². The van der Waals surface area contributed by atoms with Crippen molar-refractivity contribution in [3.8, 4) is 11.4 Å². The second-order valence-corrected chi connectivity index (χ2v) is 3.68. The fraction of sp³-hybridized carbons (Fsp3) is 0.273. The fourth-order valence-electron chi connectivity index (χ4n) is 1.50. The molecule has 0 saturated heterocycles. The Bertz CT molecular complexity index is 535. The first-order chi connectivity index (χ1) is 8.70. The Labute approximate surface area is 104 Å². The van der Waals surface area contributed by atoms with Crippen LogP contribution in [0.25, 0.3) is 11.4 Å². The zero-order valence-electron chi connectivity index (χ0n) is 10.1. The van der Waals surface area contributed by atoms with Gasteiger partial charge in [-0.3, -0.25) is 4.79 Å². The van der Waals surface area contributed by atoms with Gasteiger partial charge in [0.1, 0.15) is 6.61 Å². The number of aromatic nitrogens is 4. The van der Waals surface area contributed by atoms with E-state index in [1.54, 1.807) is 23.9 Å². The molecule has 0 aliphatic heterocycles. The fourth-order valence-corrected chi connectivity index (χ4v) is 1.50. The van der Waals surface area contributed by atoms with Gasteiger partial charge in [-0.2, -0.15) is 0 Å². The number of aryl methyl sites for hydroxylation is 1. The third-order valence-corrected chi connectivity index (χ3v) is 2.32. The predicted molar refractivity (Wildman–Crippen MR) is 64.7 cm³/mol. The van der Waals surface area contributed by atoms with E-state index < -0.39 is 0 Å².